The lowest BCUT2D eigenvalue weighted by molar-refractivity contribution is -0.247. The van der Waals surface area contributed by atoms with Gasteiger partial charge in [-0.05, 0) is 49.9 Å². The van der Waals surface area contributed by atoms with Gasteiger partial charge >= 0.3 is 17.8 Å². The summed E-state index contributed by atoms with van der Waals surface area (Å²) in [6.45, 7) is 2.38. The fourth-order valence-electron chi connectivity index (χ4n) is 5.04. The van der Waals surface area contributed by atoms with E-state index in [1.807, 2.05) is 0 Å². The van der Waals surface area contributed by atoms with Gasteiger partial charge in [-0.3, -0.25) is 4.79 Å². The van der Waals surface area contributed by atoms with Crippen LogP contribution in [0, 0.1) is 29.6 Å². The minimum atomic E-state index is -4.16. The molecular formula is C19H30F4O2. The van der Waals surface area contributed by atoms with Crippen LogP contribution in [0.25, 0.3) is 0 Å². The van der Waals surface area contributed by atoms with Crippen molar-refractivity contribution in [3.05, 3.63) is 0 Å². The molecule has 0 aliphatic heterocycles. The summed E-state index contributed by atoms with van der Waals surface area (Å²) in [6.07, 6.45) is 6.06. The van der Waals surface area contributed by atoms with Crippen LogP contribution in [0.5, 0.6) is 0 Å². The van der Waals surface area contributed by atoms with E-state index in [0.717, 1.165) is 38.5 Å². The van der Waals surface area contributed by atoms with Crippen LogP contribution >= 0.6 is 0 Å². The predicted octanol–water partition coefficient (Wildman–Crippen LogP) is 6.00. The molecule has 0 radical (unpaired) electrons. The Morgan fingerprint density at radius 3 is 2.12 bits per heavy atom. The van der Waals surface area contributed by atoms with Gasteiger partial charge in [-0.15, -0.1) is 0 Å². The Bertz CT molecular complexity index is 453. The molecule has 0 heterocycles. The van der Waals surface area contributed by atoms with Crippen molar-refractivity contribution in [2.75, 3.05) is 0 Å². The van der Waals surface area contributed by atoms with E-state index < -0.39 is 35.6 Å². The Balaban J connectivity index is 2.16. The second-order valence-corrected chi connectivity index (χ2v) is 8.20. The van der Waals surface area contributed by atoms with Crippen LogP contribution in [0.3, 0.4) is 0 Å². The second-order valence-electron chi connectivity index (χ2n) is 8.20. The smallest absolute Gasteiger partial charge is 0.312 e. The summed E-state index contributed by atoms with van der Waals surface area (Å²) in [5, 5.41) is 9.18. The van der Waals surface area contributed by atoms with Crippen molar-refractivity contribution in [1.29, 1.82) is 0 Å². The first-order valence-electron chi connectivity index (χ1n) is 9.56. The third-order valence-corrected chi connectivity index (χ3v) is 6.50. The van der Waals surface area contributed by atoms with Gasteiger partial charge in [0, 0.05) is 12.8 Å². The van der Waals surface area contributed by atoms with Crippen molar-refractivity contribution in [2.45, 2.75) is 83.5 Å². The SMILES string of the molecule is CCCC1CCC([C@H]2CCC(C(=O)O)C[C@@H]2C(F)(F)C(C)(F)F)CC1. The maximum atomic E-state index is 14.5. The van der Waals surface area contributed by atoms with Gasteiger partial charge in [0.05, 0.1) is 5.92 Å². The maximum absolute atomic E-state index is 14.5. The van der Waals surface area contributed by atoms with Gasteiger partial charge in [0.2, 0.25) is 0 Å². The highest BCUT2D eigenvalue weighted by molar-refractivity contribution is 5.70. The average Bonchev–Trinajstić information content (AvgIpc) is 2.54. The summed E-state index contributed by atoms with van der Waals surface area (Å²) in [5.41, 5.74) is 0. The van der Waals surface area contributed by atoms with Crippen LogP contribution in [0.2, 0.25) is 0 Å². The molecule has 2 rings (SSSR count). The molecule has 0 amide bonds. The number of hydrogen-bond donors (Lipinski definition) is 1. The summed E-state index contributed by atoms with van der Waals surface area (Å²) in [4.78, 5) is 11.2. The highest BCUT2D eigenvalue weighted by Crippen LogP contribution is 2.53. The molecule has 3 atom stereocenters. The van der Waals surface area contributed by atoms with Gasteiger partial charge in [0.1, 0.15) is 0 Å². The number of carboxylic acids is 1. The third kappa shape index (κ3) is 4.48. The third-order valence-electron chi connectivity index (χ3n) is 6.50. The molecule has 1 unspecified atom stereocenters. The Labute approximate surface area is 147 Å². The molecular weight excluding hydrogens is 336 g/mol. The monoisotopic (exact) mass is 366 g/mol. The summed E-state index contributed by atoms with van der Waals surface area (Å²) < 4.78 is 56.3. The first kappa shape index (κ1) is 20.5. The number of rotatable bonds is 6. The van der Waals surface area contributed by atoms with E-state index >= 15 is 0 Å². The molecule has 2 aliphatic carbocycles. The van der Waals surface area contributed by atoms with Crippen LogP contribution in [0.4, 0.5) is 17.6 Å². The molecule has 0 aromatic rings. The lowest BCUT2D eigenvalue weighted by atomic mass is 9.62. The van der Waals surface area contributed by atoms with Crippen molar-refractivity contribution in [2.24, 2.45) is 29.6 Å². The molecule has 0 spiro atoms. The van der Waals surface area contributed by atoms with Gasteiger partial charge in [-0.25, -0.2) is 8.78 Å². The molecule has 0 aromatic heterocycles. The lowest BCUT2D eigenvalue weighted by Gasteiger charge is -2.45. The van der Waals surface area contributed by atoms with Gasteiger partial charge in [-0.1, -0.05) is 32.6 Å². The standard InChI is InChI=1S/C19H30F4O2/c1-3-4-12-5-7-13(8-6-12)15-10-9-14(17(24)25)11-16(15)19(22,23)18(2,20)21/h12-16H,3-11H2,1-2H3,(H,24,25)/t12?,13?,14?,15-,16+/m1/s1. The fourth-order valence-corrected chi connectivity index (χ4v) is 5.04. The molecule has 0 saturated heterocycles. The number of carboxylic acid groups (broad SMARTS) is 1. The highest BCUT2D eigenvalue weighted by atomic mass is 19.3. The topological polar surface area (TPSA) is 37.3 Å². The molecule has 0 bridgehead atoms. The Morgan fingerprint density at radius 2 is 1.64 bits per heavy atom. The summed E-state index contributed by atoms with van der Waals surface area (Å²) in [7, 11) is 0. The highest BCUT2D eigenvalue weighted by Gasteiger charge is 2.61. The zero-order valence-electron chi connectivity index (χ0n) is 15.1. The van der Waals surface area contributed by atoms with Crippen molar-refractivity contribution in [1.82, 2.24) is 0 Å². The van der Waals surface area contributed by atoms with Crippen LogP contribution in [0.1, 0.15) is 71.6 Å². The van der Waals surface area contributed by atoms with E-state index in [9.17, 15) is 27.5 Å². The van der Waals surface area contributed by atoms with Gasteiger partial charge in [0.15, 0.2) is 0 Å². The normalized spacial score (nSPS) is 34.7. The zero-order valence-corrected chi connectivity index (χ0v) is 15.1. The second kappa shape index (κ2) is 7.83. The van der Waals surface area contributed by atoms with Crippen molar-refractivity contribution in [3.8, 4) is 0 Å². The van der Waals surface area contributed by atoms with Gasteiger partial charge in [-0.2, -0.15) is 8.78 Å². The predicted molar refractivity (Wildman–Crippen MR) is 87.9 cm³/mol. The van der Waals surface area contributed by atoms with Gasteiger partial charge in [0.25, 0.3) is 0 Å². The summed E-state index contributed by atoms with van der Waals surface area (Å²) >= 11 is 0. The number of hydrogen-bond acceptors (Lipinski definition) is 1. The Kier molecular flexibility index (Phi) is 6.42. The van der Waals surface area contributed by atoms with E-state index in [2.05, 4.69) is 6.92 Å². The maximum Gasteiger partial charge on any atom is 0.312 e. The van der Waals surface area contributed by atoms with E-state index in [4.69, 9.17) is 0 Å². The molecule has 2 aliphatic rings. The molecule has 6 heteroatoms. The summed E-state index contributed by atoms with van der Waals surface area (Å²) in [6, 6.07) is 0. The molecule has 1 N–H and O–H groups in total. The number of halogens is 4. The average molecular weight is 366 g/mol. The Morgan fingerprint density at radius 1 is 1.04 bits per heavy atom. The Hall–Kier alpha value is -0.810. The lowest BCUT2D eigenvalue weighted by Crippen LogP contribution is -2.51. The minimum Gasteiger partial charge on any atom is -0.481 e. The van der Waals surface area contributed by atoms with E-state index in [1.54, 1.807) is 0 Å². The number of alkyl halides is 4. The minimum absolute atomic E-state index is 0.0149. The van der Waals surface area contributed by atoms with Gasteiger partial charge < -0.3 is 5.11 Å². The zero-order chi connectivity index (χ0) is 18.8. The van der Waals surface area contributed by atoms with Crippen LogP contribution in [-0.2, 0) is 4.79 Å². The van der Waals surface area contributed by atoms with Crippen molar-refractivity contribution in [3.63, 3.8) is 0 Å². The molecule has 0 aromatic carbocycles. The molecule has 146 valence electrons. The fraction of sp³-hybridized carbons (Fsp3) is 0.947. The number of carbonyl (C=O) groups is 1. The first-order valence-corrected chi connectivity index (χ1v) is 9.56. The van der Waals surface area contributed by atoms with E-state index in [-0.39, 0.29) is 19.3 Å². The largest absolute Gasteiger partial charge is 0.481 e. The van der Waals surface area contributed by atoms with E-state index in [1.165, 1.54) is 0 Å². The quantitative estimate of drug-likeness (QED) is 0.585. The molecule has 2 saturated carbocycles. The van der Waals surface area contributed by atoms with Crippen LogP contribution < -0.4 is 0 Å². The van der Waals surface area contributed by atoms with Crippen molar-refractivity contribution >= 4 is 5.97 Å². The van der Waals surface area contributed by atoms with E-state index in [0.29, 0.717) is 18.8 Å². The molecule has 2 fully saturated rings. The summed E-state index contributed by atoms with van der Waals surface area (Å²) in [5.74, 6) is -11.8. The number of aliphatic carboxylic acids is 1. The first-order chi connectivity index (χ1) is 11.6. The molecule has 25 heavy (non-hydrogen) atoms. The van der Waals surface area contributed by atoms with Crippen molar-refractivity contribution < 1.29 is 27.5 Å². The van der Waals surface area contributed by atoms with Crippen LogP contribution in [0.15, 0.2) is 0 Å². The van der Waals surface area contributed by atoms with Crippen LogP contribution in [-0.4, -0.2) is 22.9 Å². The molecule has 2 nitrogen and oxygen atoms in total.